The average molecular weight is 421 g/mol. The summed E-state index contributed by atoms with van der Waals surface area (Å²) < 4.78 is 5.40. The van der Waals surface area contributed by atoms with Gasteiger partial charge in [0.05, 0.1) is 29.8 Å². The van der Waals surface area contributed by atoms with Crippen LogP contribution < -0.4 is 10.2 Å². The van der Waals surface area contributed by atoms with Crippen LogP contribution in [-0.2, 0) is 9.53 Å². The molecule has 0 saturated carbocycles. The van der Waals surface area contributed by atoms with Gasteiger partial charge < -0.3 is 24.8 Å². The van der Waals surface area contributed by atoms with Gasteiger partial charge in [-0.1, -0.05) is 11.6 Å². The molecule has 158 valence electrons. The summed E-state index contributed by atoms with van der Waals surface area (Å²) in [4.78, 5) is 31.4. The molecule has 2 amide bonds. The maximum Gasteiger partial charge on any atom is 0.253 e. The van der Waals surface area contributed by atoms with Gasteiger partial charge in [0.15, 0.2) is 0 Å². The van der Waals surface area contributed by atoms with Gasteiger partial charge in [-0.05, 0) is 44.1 Å². The number of anilines is 1. The number of hydrogen-bond acceptors (Lipinski definition) is 5. The van der Waals surface area contributed by atoms with E-state index < -0.39 is 0 Å². The van der Waals surface area contributed by atoms with E-state index in [-0.39, 0.29) is 17.7 Å². The SMILES string of the molecule is CN1CCC(CNC(=O)C2CN(C(=O)c3ccc(Cl)c(N4CCOCC4)c3)C2)C1. The molecule has 1 N–H and O–H groups in total. The monoisotopic (exact) mass is 420 g/mol. The third-order valence-electron chi connectivity index (χ3n) is 6.14. The first-order valence-electron chi connectivity index (χ1n) is 10.4. The summed E-state index contributed by atoms with van der Waals surface area (Å²) in [5.74, 6) is 0.449. The van der Waals surface area contributed by atoms with E-state index in [1.165, 1.54) is 0 Å². The number of likely N-dealkylation sites (tertiary alicyclic amines) is 2. The second kappa shape index (κ2) is 8.90. The van der Waals surface area contributed by atoms with Crippen LogP contribution in [0.1, 0.15) is 16.8 Å². The largest absolute Gasteiger partial charge is 0.378 e. The van der Waals surface area contributed by atoms with Gasteiger partial charge in [0.2, 0.25) is 5.91 Å². The van der Waals surface area contributed by atoms with E-state index in [2.05, 4.69) is 22.2 Å². The smallest absolute Gasteiger partial charge is 0.253 e. The Hall–Kier alpha value is -1.83. The average Bonchev–Trinajstić information content (AvgIpc) is 3.11. The summed E-state index contributed by atoms with van der Waals surface area (Å²) in [6.45, 7) is 6.67. The lowest BCUT2D eigenvalue weighted by Gasteiger charge is -2.38. The molecule has 1 atom stereocenters. The molecule has 1 unspecified atom stereocenters. The fourth-order valence-electron chi connectivity index (χ4n) is 4.27. The topological polar surface area (TPSA) is 65.1 Å². The first-order valence-corrected chi connectivity index (χ1v) is 10.8. The fourth-order valence-corrected chi connectivity index (χ4v) is 4.50. The van der Waals surface area contributed by atoms with Crippen LogP contribution in [0.25, 0.3) is 0 Å². The minimum absolute atomic E-state index is 0.0438. The lowest BCUT2D eigenvalue weighted by molar-refractivity contribution is -0.129. The first kappa shape index (κ1) is 20.4. The molecule has 3 aliphatic heterocycles. The van der Waals surface area contributed by atoms with Crippen molar-refractivity contribution in [1.82, 2.24) is 15.1 Å². The Bertz CT molecular complexity index is 762. The van der Waals surface area contributed by atoms with Gasteiger partial charge in [-0.25, -0.2) is 0 Å². The van der Waals surface area contributed by atoms with Gasteiger partial charge in [0, 0.05) is 44.8 Å². The van der Waals surface area contributed by atoms with Crippen LogP contribution in [0.4, 0.5) is 5.69 Å². The summed E-state index contributed by atoms with van der Waals surface area (Å²) in [5, 5.41) is 3.71. The van der Waals surface area contributed by atoms with E-state index in [9.17, 15) is 9.59 Å². The lowest BCUT2D eigenvalue weighted by atomic mass is 9.97. The van der Waals surface area contributed by atoms with Crippen LogP contribution in [0.15, 0.2) is 18.2 Å². The quantitative estimate of drug-likeness (QED) is 0.778. The zero-order valence-corrected chi connectivity index (χ0v) is 17.7. The lowest BCUT2D eigenvalue weighted by Crippen LogP contribution is -2.56. The number of halogens is 1. The van der Waals surface area contributed by atoms with Crippen LogP contribution >= 0.6 is 11.6 Å². The van der Waals surface area contributed by atoms with Crippen LogP contribution in [0.5, 0.6) is 0 Å². The number of morpholine rings is 1. The highest BCUT2D eigenvalue weighted by atomic mass is 35.5. The molecule has 0 aliphatic carbocycles. The Morgan fingerprint density at radius 3 is 2.62 bits per heavy atom. The zero-order chi connectivity index (χ0) is 20.4. The molecule has 0 radical (unpaired) electrons. The molecule has 0 aromatic heterocycles. The Labute approximate surface area is 176 Å². The van der Waals surface area contributed by atoms with E-state index in [1.807, 2.05) is 6.07 Å². The Kier molecular flexibility index (Phi) is 6.27. The summed E-state index contributed by atoms with van der Waals surface area (Å²) in [7, 11) is 2.11. The van der Waals surface area contributed by atoms with E-state index in [0.717, 1.165) is 44.8 Å². The zero-order valence-electron chi connectivity index (χ0n) is 16.9. The number of nitrogens with zero attached hydrogens (tertiary/aromatic N) is 3. The minimum atomic E-state index is -0.107. The van der Waals surface area contributed by atoms with Gasteiger partial charge in [0.1, 0.15) is 0 Å². The molecule has 3 heterocycles. The fraction of sp³-hybridized carbons (Fsp3) is 0.619. The van der Waals surface area contributed by atoms with Gasteiger partial charge in [-0.15, -0.1) is 0 Å². The van der Waals surface area contributed by atoms with E-state index in [0.29, 0.717) is 42.8 Å². The third kappa shape index (κ3) is 4.68. The van der Waals surface area contributed by atoms with Crippen LogP contribution in [-0.4, -0.2) is 87.7 Å². The van der Waals surface area contributed by atoms with Crippen molar-refractivity contribution >= 4 is 29.1 Å². The minimum Gasteiger partial charge on any atom is -0.378 e. The van der Waals surface area contributed by atoms with Crippen molar-refractivity contribution in [2.45, 2.75) is 6.42 Å². The highest BCUT2D eigenvalue weighted by Gasteiger charge is 2.36. The van der Waals surface area contributed by atoms with Gasteiger partial charge in [0.25, 0.3) is 5.91 Å². The first-order chi connectivity index (χ1) is 14.0. The van der Waals surface area contributed by atoms with Crippen molar-refractivity contribution in [3.8, 4) is 0 Å². The number of carbonyl (C=O) groups is 2. The number of nitrogens with one attached hydrogen (secondary N) is 1. The maximum absolute atomic E-state index is 12.8. The highest BCUT2D eigenvalue weighted by molar-refractivity contribution is 6.33. The normalized spacial score (nSPS) is 23.2. The molecule has 3 fully saturated rings. The number of ether oxygens (including phenoxy) is 1. The molecule has 3 saturated heterocycles. The molecule has 0 bridgehead atoms. The summed E-state index contributed by atoms with van der Waals surface area (Å²) in [6, 6.07) is 5.40. The molecule has 3 aliphatic rings. The van der Waals surface area contributed by atoms with Crippen molar-refractivity contribution in [3.63, 3.8) is 0 Å². The maximum atomic E-state index is 12.8. The number of carbonyl (C=O) groups excluding carboxylic acids is 2. The molecule has 7 nitrogen and oxygen atoms in total. The van der Waals surface area contributed by atoms with Crippen molar-refractivity contribution in [3.05, 3.63) is 28.8 Å². The standard InChI is InChI=1S/C21H29ClN4O3/c1-24-5-4-15(12-24)11-23-20(27)17-13-26(14-17)21(28)16-2-3-18(22)19(10-16)25-6-8-29-9-7-25/h2-3,10,15,17H,4-9,11-14H2,1H3,(H,23,27). The van der Waals surface area contributed by atoms with Gasteiger partial charge in [-0.2, -0.15) is 0 Å². The molecule has 0 spiro atoms. The predicted molar refractivity (Wildman–Crippen MR) is 112 cm³/mol. The van der Waals surface area contributed by atoms with Crippen molar-refractivity contribution < 1.29 is 14.3 Å². The number of hydrogen-bond donors (Lipinski definition) is 1. The summed E-state index contributed by atoms with van der Waals surface area (Å²) in [6.07, 6.45) is 1.13. The molecule has 1 aromatic rings. The van der Waals surface area contributed by atoms with Crippen LogP contribution in [0.3, 0.4) is 0 Å². The van der Waals surface area contributed by atoms with E-state index in [1.54, 1.807) is 17.0 Å². The molecule has 8 heteroatoms. The van der Waals surface area contributed by atoms with Gasteiger partial charge >= 0.3 is 0 Å². The summed E-state index contributed by atoms with van der Waals surface area (Å²) >= 11 is 6.36. The number of amides is 2. The second-order valence-corrected chi connectivity index (χ2v) is 8.74. The molecular formula is C21H29ClN4O3. The van der Waals surface area contributed by atoms with Crippen molar-refractivity contribution in [1.29, 1.82) is 0 Å². The number of benzene rings is 1. The predicted octanol–water partition coefficient (Wildman–Crippen LogP) is 1.32. The Balaban J connectivity index is 1.29. The second-order valence-electron chi connectivity index (χ2n) is 8.33. The molecule has 1 aromatic carbocycles. The highest BCUT2D eigenvalue weighted by Crippen LogP contribution is 2.29. The van der Waals surface area contributed by atoms with Crippen molar-refractivity contribution in [2.24, 2.45) is 11.8 Å². The summed E-state index contributed by atoms with van der Waals surface area (Å²) in [5.41, 5.74) is 1.49. The van der Waals surface area contributed by atoms with Crippen LogP contribution in [0, 0.1) is 11.8 Å². The molecule has 4 rings (SSSR count). The van der Waals surface area contributed by atoms with Crippen molar-refractivity contribution in [2.75, 3.05) is 71.0 Å². The van der Waals surface area contributed by atoms with Crippen LogP contribution in [0.2, 0.25) is 5.02 Å². The van der Waals surface area contributed by atoms with E-state index >= 15 is 0 Å². The van der Waals surface area contributed by atoms with E-state index in [4.69, 9.17) is 16.3 Å². The molecular weight excluding hydrogens is 392 g/mol. The third-order valence-corrected chi connectivity index (χ3v) is 6.46. The number of rotatable bonds is 5. The Morgan fingerprint density at radius 1 is 1.17 bits per heavy atom. The molecule has 29 heavy (non-hydrogen) atoms. The van der Waals surface area contributed by atoms with Gasteiger partial charge in [-0.3, -0.25) is 9.59 Å². The Morgan fingerprint density at radius 2 is 1.93 bits per heavy atom.